The molecule has 5 aromatic rings. The summed E-state index contributed by atoms with van der Waals surface area (Å²) in [5, 5.41) is 5.11. The van der Waals surface area contributed by atoms with Gasteiger partial charge in [-0.25, -0.2) is 4.98 Å². The smallest absolute Gasteiger partial charge is 0.266 e. The van der Waals surface area contributed by atoms with Crippen LogP contribution >= 0.6 is 0 Å². The van der Waals surface area contributed by atoms with Gasteiger partial charge in [-0.1, -0.05) is 12.1 Å². The SMILES string of the molecule is Cc1ccc(C)c(-n2ccc3c(cnc4nc(-c5ccc6c(c5)OCCO6)nn43)c2=O)c1. The van der Waals surface area contributed by atoms with Crippen molar-refractivity contribution in [1.29, 1.82) is 0 Å². The standard InChI is InChI=1S/C24H19N5O3/c1-14-3-4-15(2)19(11-14)28-8-7-18-17(23(28)30)13-25-24-26-22(27-29(18)24)16-5-6-20-21(12-16)32-10-9-31-20/h3-8,11-13H,9-10H2,1-2H3. The summed E-state index contributed by atoms with van der Waals surface area (Å²) in [5.74, 6) is 2.30. The maximum atomic E-state index is 13.3. The Balaban J connectivity index is 1.51. The first-order chi connectivity index (χ1) is 15.6. The summed E-state index contributed by atoms with van der Waals surface area (Å²) in [4.78, 5) is 22.3. The van der Waals surface area contributed by atoms with E-state index < -0.39 is 0 Å². The summed E-state index contributed by atoms with van der Waals surface area (Å²) in [7, 11) is 0. The average molecular weight is 425 g/mol. The first kappa shape index (κ1) is 18.6. The number of pyridine rings is 1. The minimum atomic E-state index is -0.151. The molecule has 0 saturated carbocycles. The summed E-state index contributed by atoms with van der Waals surface area (Å²) in [6.45, 7) is 5.04. The highest BCUT2D eigenvalue weighted by molar-refractivity contribution is 5.79. The molecule has 0 fully saturated rings. The van der Waals surface area contributed by atoms with Gasteiger partial charge in [0.15, 0.2) is 17.3 Å². The van der Waals surface area contributed by atoms with Crippen molar-refractivity contribution >= 4 is 16.7 Å². The van der Waals surface area contributed by atoms with Crippen LogP contribution in [-0.2, 0) is 0 Å². The monoisotopic (exact) mass is 425 g/mol. The fraction of sp³-hybridized carbons (Fsp3) is 0.167. The molecule has 1 aliphatic rings. The fourth-order valence-electron chi connectivity index (χ4n) is 3.99. The van der Waals surface area contributed by atoms with E-state index in [0.29, 0.717) is 47.2 Å². The minimum Gasteiger partial charge on any atom is -0.486 e. The van der Waals surface area contributed by atoms with Gasteiger partial charge < -0.3 is 9.47 Å². The van der Waals surface area contributed by atoms with Gasteiger partial charge in [0.2, 0.25) is 0 Å². The normalized spacial score (nSPS) is 13.1. The van der Waals surface area contributed by atoms with E-state index in [-0.39, 0.29) is 5.56 Å². The van der Waals surface area contributed by atoms with Crippen molar-refractivity contribution in [2.45, 2.75) is 13.8 Å². The molecular formula is C24H19N5O3. The molecule has 0 bridgehead atoms. The van der Waals surface area contributed by atoms with Gasteiger partial charge in [-0.05, 0) is 55.3 Å². The molecule has 0 unspecified atom stereocenters. The Morgan fingerprint density at radius 1 is 0.969 bits per heavy atom. The van der Waals surface area contributed by atoms with Crippen LogP contribution in [0.3, 0.4) is 0 Å². The molecule has 0 spiro atoms. The maximum Gasteiger partial charge on any atom is 0.266 e. The number of rotatable bonds is 2. The molecule has 2 aromatic carbocycles. The Hall–Kier alpha value is -4.20. The summed E-state index contributed by atoms with van der Waals surface area (Å²) in [5.41, 5.74) is 4.25. The molecule has 0 aliphatic carbocycles. The highest BCUT2D eigenvalue weighted by Gasteiger charge is 2.17. The second-order valence-corrected chi connectivity index (χ2v) is 7.84. The summed E-state index contributed by atoms with van der Waals surface area (Å²) < 4.78 is 14.5. The van der Waals surface area contributed by atoms with Gasteiger partial charge >= 0.3 is 0 Å². The van der Waals surface area contributed by atoms with E-state index in [9.17, 15) is 4.79 Å². The summed E-state index contributed by atoms with van der Waals surface area (Å²) in [6.07, 6.45) is 3.34. The molecule has 0 N–H and O–H groups in total. The minimum absolute atomic E-state index is 0.151. The molecule has 8 nitrogen and oxygen atoms in total. The molecule has 6 rings (SSSR count). The molecule has 158 valence electrons. The lowest BCUT2D eigenvalue weighted by atomic mass is 10.1. The molecule has 0 atom stereocenters. The molecule has 1 aliphatic heterocycles. The quantitative estimate of drug-likeness (QED) is 0.431. The predicted octanol–water partition coefficient (Wildman–Crippen LogP) is 3.48. The Bertz CT molecular complexity index is 1580. The fourth-order valence-corrected chi connectivity index (χ4v) is 3.99. The highest BCUT2D eigenvalue weighted by Crippen LogP contribution is 2.33. The number of nitrogens with zero attached hydrogens (tertiary/aromatic N) is 5. The summed E-state index contributed by atoms with van der Waals surface area (Å²) >= 11 is 0. The number of aryl methyl sites for hydroxylation is 2. The van der Waals surface area contributed by atoms with Crippen molar-refractivity contribution in [2.24, 2.45) is 0 Å². The number of fused-ring (bicyclic) bond motifs is 4. The second-order valence-electron chi connectivity index (χ2n) is 7.84. The number of aromatic nitrogens is 5. The number of hydrogen-bond acceptors (Lipinski definition) is 6. The van der Waals surface area contributed by atoms with E-state index in [0.717, 1.165) is 22.4 Å². The van der Waals surface area contributed by atoms with Crippen LogP contribution in [0.2, 0.25) is 0 Å². The van der Waals surface area contributed by atoms with Crippen molar-refractivity contribution in [3.05, 3.63) is 76.3 Å². The van der Waals surface area contributed by atoms with E-state index in [1.807, 2.05) is 56.3 Å². The third-order valence-electron chi connectivity index (χ3n) is 5.66. The molecular weight excluding hydrogens is 406 g/mol. The van der Waals surface area contributed by atoms with E-state index in [1.54, 1.807) is 21.5 Å². The summed E-state index contributed by atoms with van der Waals surface area (Å²) in [6, 6.07) is 13.5. The van der Waals surface area contributed by atoms with Crippen molar-refractivity contribution in [3.8, 4) is 28.6 Å². The first-order valence-corrected chi connectivity index (χ1v) is 10.3. The van der Waals surface area contributed by atoms with Crippen LogP contribution in [0.5, 0.6) is 11.5 Å². The topological polar surface area (TPSA) is 83.5 Å². The van der Waals surface area contributed by atoms with E-state index in [2.05, 4.69) is 15.1 Å². The highest BCUT2D eigenvalue weighted by atomic mass is 16.6. The van der Waals surface area contributed by atoms with Crippen molar-refractivity contribution < 1.29 is 9.47 Å². The zero-order valence-electron chi connectivity index (χ0n) is 17.6. The maximum absolute atomic E-state index is 13.3. The molecule has 8 heteroatoms. The zero-order chi connectivity index (χ0) is 21.8. The molecule has 0 radical (unpaired) electrons. The third-order valence-corrected chi connectivity index (χ3v) is 5.66. The molecule has 0 saturated heterocycles. The number of benzene rings is 2. The second kappa shape index (κ2) is 6.91. The van der Waals surface area contributed by atoms with Crippen LogP contribution < -0.4 is 15.0 Å². The molecule has 0 amide bonds. The van der Waals surface area contributed by atoms with Crippen LogP contribution in [-0.4, -0.2) is 37.4 Å². The van der Waals surface area contributed by atoms with Crippen molar-refractivity contribution in [2.75, 3.05) is 13.2 Å². The van der Waals surface area contributed by atoms with E-state index in [1.165, 1.54) is 0 Å². The van der Waals surface area contributed by atoms with Crippen LogP contribution in [0.25, 0.3) is 33.8 Å². The van der Waals surface area contributed by atoms with Gasteiger partial charge in [0.1, 0.15) is 13.2 Å². The van der Waals surface area contributed by atoms with E-state index in [4.69, 9.17) is 9.47 Å². The van der Waals surface area contributed by atoms with Crippen LogP contribution in [0.1, 0.15) is 11.1 Å². The van der Waals surface area contributed by atoms with Crippen molar-refractivity contribution in [3.63, 3.8) is 0 Å². The molecule has 32 heavy (non-hydrogen) atoms. The average Bonchev–Trinajstić information content (AvgIpc) is 3.26. The van der Waals surface area contributed by atoms with Gasteiger partial charge in [0.05, 0.1) is 16.6 Å². The van der Waals surface area contributed by atoms with Gasteiger partial charge in [-0.2, -0.15) is 9.50 Å². The lowest BCUT2D eigenvalue weighted by Gasteiger charge is -2.18. The predicted molar refractivity (Wildman–Crippen MR) is 120 cm³/mol. The van der Waals surface area contributed by atoms with Crippen LogP contribution in [0, 0.1) is 13.8 Å². The largest absolute Gasteiger partial charge is 0.486 e. The van der Waals surface area contributed by atoms with Gasteiger partial charge in [0, 0.05) is 18.0 Å². The van der Waals surface area contributed by atoms with E-state index >= 15 is 0 Å². The van der Waals surface area contributed by atoms with Gasteiger partial charge in [0.25, 0.3) is 11.3 Å². The zero-order valence-corrected chi connectivity index (χ0v) is 17.6. The van der Waals surface area contributed by atoms with Crippen LogP contribution in [0.4, 0.5) is 0 Å². The third kappa shape index (κ3) is 2.84. The Labute approximate surface area is 182 Å². The van der Waals surface area contributed by atoms with Gasteiger partial charge in [-0.15, -0.1) is 5.10 Å². The lowest BCUT2D eigenvalue weighted by molar-refractivity contribution is 0.171. The Morgan fingerprint density at radius 2 is 1.81 bits per heavy atom. The number of hydrogen-bond donors (Lipinski definition) is 0. The Kier molecular flexibility index (Phi) is 4.01. The van der Waals surface area contributed by atoms with Crippen LogP contribution in [0.15, 0.2) is 59.7 Å². The number of ether oxygens (including phenoxy) is 2. The van der Waals surface area contributed by atoms with Crippen molar-refractivity contribution in [1.82, 2.24) is 24.1 Å². The molecule has 4 heterocycles. The lowest BCUT2D eigenvalue weighted by Crippen LogP contribution is -2.19. The van der Waals surface area contributed by atoms with Gasteiger partial charge in [-0.3, -0.25) is 9.36 Å². The Morgan fingerprint density at radius 3 is 2.69 bits per heavy atom. The molecule has 3 aromatic heterocycles. The first-order valence-electron chi connectivity index (χ1n) is 10.3.